The van der Waals surface area contributed by atoms with E-state index in [4.69, 9.17) is 23.5 Å². The summed E-state index contributed by atoms with van der Waals surface area (Å²) >= 11 is 0. The maximum absolute atomic E-state index is 12.0. The predicted octanol–water partition coefficient (Wildman–Crippen LogP) is 3.21. The van der Waals surface area contributed by atoms with Crippen molar-refractivity contribution in [1.29, 1.82) is 0 Å². The first-order valence-electron chi connectivity index (χ1n) is 9.69. The van der Waals surface area contributed by atoms with Gasteiger partial charge in [0, 0.05) is 11.6 Å². The summed E-state index contributed by atoms with van der Waals surface area (Å²) < 4.78 is 27.4. The number of aromatic nitrogens is 1. The molecule has 0 fully saturated rings. The van der Waals surface area contributed by atoms with E-state index in [0.717, 1.165) is 11.3 Å². The molecule has 0 atom stereocenters. The third-order valence-electron chi connectivity index (χ3n) is 4.36. The first-order valence-corrected chi connectivity index (χ1v) is 9.69. The average molecular weight is 410 g/mol. The minimum Gasteiger partial charge on any atom is -0.494 e. The van der Waals surface area contributed by atoms with Crippen molar-refractivity contribution in [3.8, 4) is 34.3 Å². The molecule has 4 rings (SSSR count). The number of amides is 1. The highest BCUT2D eigenvalue weighted by atomic mass is 16.6. The van der Waals surface area contributed by atoms with Crippen molar-refractivity contribution in [3.63, 3.8) is 0 Å². The molecule has 0 radical (unpaired) electrons. The number of hydrogen-bond donors (Lipinski definition) is 1. The zero-order valence-corrected chi connectivity index (χ0v) is 16.6. The Morgan fingerprint density at radius 1 is 1.00 bits per heavy atom. The molecular formula is C22H22N2O6. The molecule has 1 aliphatic rings. The average Bonchev–Trinajstić information content (AvgIpc) is 3.26. The van der Waals surface area contributed by atoms with E-state index < -0.39 is 0 Å². The van der Waals surface area contributed by atoms with E-state index in [9.17, 15) is 4.79 Å². The van der Waals surface area contributed by atoms with Crippen LogP contribution >= 0.6 is 0 Å². The Hall–Kier alpha value is -3.68. The van der Waals surface area contributed by atoms with Crippen LogP contribution in [0, 0.1) is 0 Å². The highest BCUT2D eigenvalue weighted by molar-refractivity contribution is 5.77. The Bertz CT molecular complexity index is 999. The summed E-state index contributed by atoms with van der Waals surface area (Å²) in [5.41, 5.74) is 1.43. The van der Waals surface area contributed by atoms with Crippen LogP contribution in [0.25, 0.3) is 11.3 Å². The van der Waals surface area contributed by atoms with Gasteiger partial charge in [-0.25, -0.2) is 0 Å². The van der Waals surface area contributed by atoms with Gasteiger partial charge in [-0.3, -0.25) is 4.79 Å². The highest BCUT2D eigenvalue weighted by Gasteiger charge is 2.15. The molecule has 1 amide bonds. The summed E-state index contributed by atoms with van der Waals surface area (Å²) in [6.07, 6.45) is 0. The molecule has 1 N–H and O–H groups in total. The second-order valence-corrected chi connectivity index (χ2v) is 6.51. The van der Waals surface area contributed by atoms with Crippen LogP contribution in [0.5, 0.6) is 23.0 Å². The summed E-state index contributed by atoms with van der Waals surface area (Å²) in [6, 6.07) is 14.5. The Kier molecular flexibility index (Phi) is 6.03. The Balaban J connectivity index is 1.27. The number of nitrogens with zero attached hydrogens (tertiary/aromatic N) is 1. The number of hydrogen-bond acceptors (Lipinski definition) is 7. The first-order chi connectivity index (χ1) is 14.7. The van der Waals surface area contributed by atoms with Gasteiger partial charge in [0.2, 0.25) is 0 Å². The van der Waals surface area contributed by atoms with Crippen molar-refractivity contribution in [3.05, 3.63) is 54.2 Å². The molecule has 2 heterocycles. The first kappa shape index (κ1) is 19.6. The number of ether oxygens (including phenoxy) is 4. The lowest BCUT2D eigenvalue weighted by molar-refractivity contribution is -0.123. The standard InChI is InChI=1S/C22H22N2O6/c1-2-26-17-4-6-18(7-5-17)29-14-22(25)23-13-16-12-20(30-24-16)15-3-8-19-21(11-15)28-10-9-27-19/h3-8,11-12H,2,9-10,13-14H2,1H3,(H,23,25). The van der Waals surface area contributed by atoms with Crippen molar-refractivity contribution >= 4 is 5.91 Å². The van der Waals surface area contributed by atoms with E-state index in [0.29, 0.717) is 48.5 Å². The smallest absolute Gasteiger partial charge is 0.258 e. The van der Waals surface area contributed by atoms with Gasteiger partial charge in [0.25, 0.3) is 5.91 Å². The predicted molar refractivity (Wildman–Crippen MR) is 108 cm³/mol. The molecule has 3 aromatic rings. The minimum atomic E-state index is -0.257. The summed E-state index contributed by atoms with van der Waals surface area (Å²) in [7, 11) is 0. The summed E-state index contributed by atoms with van der Waals surface area (Å²) in [5.74, 6) is 3.07. The van der Waals surface area contributed by atoms with Gasteiger partial charge >= 0.3 is 0 Å². The lowest BCUT2D eigenvalue weighted by Crippen LogP contribution is -2.28. The van der Waals surface area contributed by atoms with Gasteiger partial charge in [0.05, 0.1) is 13.2 Å². The second kappa shape index (κ2) is 9.21. The molecule has 8 nitrogen and oxygen atoms in total. The van der Waals surface area contributed by atoms with E-state index in [-0.39, 0.29) is 19.1 Å². The Morgan fingerprint density at radius 3 is 2.50 bits per heavy atom. The van der Waals surface area contributed by atoms with Gasteiger partial charge in [-0.05, 0) is 49.4 Å². The van der Waals surface area contributed by atoms with Gasteiger partial charge in [-0.15, -0.1) is 0 Å². The molecule has 0 aliphatic carbocycles. The molecule has 156 valence electrons. The lowest BCUT2D eigenvalue weighted by Gasteiger charge is -2.18. The molecule has 1 aliphatic heterocycles. The largest absolute Gasteiger partial charge is 0.494 e. The Labute approximate surface area is 173 Å². The van der Waals surface area contributed by atoms with Crippen LogP contribution in [0.1, 0.15) is 12.6 Å². The fourth-order valence-electron chi connectivity index (χ4n) is 2.92. The lowest BCUT2D eigenvalue weighted by atomic mass is 10.1. The molecule has 0 saturated carbocycles. The third kappa shape index (κ3) is 4.83. The summed E-state index contributed by atoms with van der Waals surface area (Å²) in [4.78, 5) is 12.0. The van der Waals surface area contributed by atoms with Crippen LogP contribution in [0.4, 0.5) is 0 Å². The van der Waals surface area contributed by atoms with E-state index in [1.807, 2.05) is 25.1 Å². The molecule has 0 spiro atoms. The molecule has 2 aromatic carbocycles. The number of carbonyl (C=O) groups is 1. The molecule has 0 bridgehead atoms. The van der Waals surface area contributed by atoms with Gasteiger partial charge < -0.3 is 28.8 Å². The quantitative estimate of drug-likeness (QED) is 0.610. The van der Waals surface area contributed by atoms with Crippen LogP contribution < -0.4 is 24.3 Å². The SMILES string of the molecule is CCOc1ccc(OCC(=O)NCc2cc(-c3ccc4c(c3)OCCO4)on2)cc1. The van der Waals surface area contributed by atoms with Crippen molar-refractivity contribution in [1.82, 2.24) is 10.5 Å². The number of carbonyl (C=O) groups excluding carboxylic acids is 1. The number of rotatable bonds is 8. The fraction of sp³-hybridized carbons (Fsp3) is 0.273. The number of benzene rings is 2. The molecular weight excluding hydrogens is 388 g/mol. The van der Waals surface area contributed by atoms with E-state index in [1.165, 1.54) is 0 Å². The van der Waals surface area contributed by atoms with Gasteiger partial charge in [0.1, 0.15) is 30.4 Å². The number of nitrogens with one attached hydrogen (secondary N) is 1. The molecule has 1 aromatic heterocycles. The second-order valence-electron chi connectivity index (χ2n) is 6.51. The molecule has 0 unspecified atom stereocenters. The van der Waals surface area contributed by atoms with E-state index in [1.54, 1.807) is 30.3 Å². The van der Waals surface area contributed by atoms with Crippen molar-refractivity contribution in [2.45, 2.75) is 13.5 Å². The van der Waals surface area contributed by atoms with Crippen LogP contribution in [-0.2, 0) is 11.3 Å². The maximum Gasteiger partial charge on any atom is 0.258 e. The monoisotopic (exact) mass is 410 g/mol. The van der Waals surface area contributed by atoms with Crippen LogP contribution in [-0.4, -0.2) is 37.5 Å². The third-order valence-corrected chi connectivity index (χ3v) is 4.36. The van der Waals surface area contributed by atoms with Gasteiger partial charge in [-0.2, -0.15) is 0 Å². The van der Waals surface area contributed by atoms with Gasteiger partial charge in [0.15, 0.2) is 23.9 Å². The zero-order chi connectivity index (χ0) is 20.8. The van der Waals surface area contributed by atoms with Gasteiger partial charge in [-0.1, -0.05) is 5.16 Å². The normalized spacial score (nSPS) is 12.3. The Morgan fingerprint density at radius 2 is 1.73 bits per heavy atom. The number of fused-ring (bicyclic) bond motifs is 1. The van der Waals surface area contributed by atoms with Crippen molar-refractivity contribution in [2.75, 3.05) is 26.4 Å². The molecule has 8 heteroatoms. The zero-order valence-electron chi connectivity index (χ0n) is 16.6. The van der Waals surface area contributed by atoms with Crippen LogP contribution in [0.2, 0.25) is 0 Å². The van der Waals surface area contributed by atoms with Crippen molar-refractivity contribution < 1.29 is 28.3 Å². The molecule has 0 saturated heterocycles. The van der Waals surface area contributed by atoms with E-state index in [2.05, 4.69) is 10.5 Å². The van der Waals surface area contributed by atoms with E-state index >= 15 is 0 Å². The topological polar surface area (TPSA) is 92.1 Å². The highest BCUT2D eigenvalue weighted by Crippen LogP contribution is 2.34. The van der Waals surface area contributed by atoms with Crippen molar-refractivity contribution in [2.24, 2.45) is 0 Å². The maximum atomic E-state index is 12.0. The summed E-state index contributed by atoms with van der Waals surface area (Å²) in [6.45, 7) is 3.72. The van der Waals surface area contributed by atoms with Crippen LogP contribution in [0.3, 0.4) is 0 Å². The van der Waals surface area contributed by atoms with Crippen LogP contribution in [0.15, 0.2) is 53.1 Å². The minimum absolute atomic E-state index is 0.0964. The summed E-state index contributed by atoms with van der Waals surface area (Å²) in [5, 5.41) is 6.77. The molecule has 30 heavy (non-hydrogen) atoms. The fourth-order valence-corrected chi connectivity index (χ4v) is 2.92.